The van der Waals surface area contributed by atoms with E-state index in [4.69, 9.17) is 4.42 Å². The van der Waals surface area contributed by atoms with Gasteiger partial charge in [-0.3, -0.25) is 0 Å². The van der Waals surface area contributed by atoms with Crippen LogP contribution >= 0.6 is 0 Å². The molecule has 3 heteroatoms. The van der Waals surface area contributed by atoms with E-state index in [1.807, 2.05) is 37.3 Å². The Bertz CT molecular complexity index is 861. The van der Waals surface area contributed by atoms with Crippen LogP contribution < -0.4 is 5.63 Å². The van der Waals surface area contributed by atoms with E-state index in [0.29, 0.717) is 23.1 Å². The van der Waals surface area contributed by atoms with Crippen LogP contribution in [0.1, 0.15) is 22.3 Å². The zero-order valence-electron chi connectivity index (χ0n) is 12.0. The molecule has 0 unspecified atom stereocenters. The summed E-state index contributed by atoms with van der Waals surface area (Å²) in [5, 5.41) is 10.6. The highest BCUT2D eigenvalue weighted by molar-refractivity contribution is 5.85. The van der Waals surface area contributed by atoms with Gasteiger partial charge in [0.25, 0.3) is 0 Å². The van der Waals surface area contributed by atoms with Gasteiger partial charge in [0.1, 0.15) is 11.3 Å². The SMILES string of the molecule is Cc1c(Cc2ccccc2)c(=O)oc2c(C)c(O)ccc12. The van der Waals surface area contributed by atoms with Gasteiger partial charge < -0.3 is 9.52 Å². The van der Waals surface area contributed by atoms with E-state index >= 15 is 0 Å². The van der Waals surface area contributed by atoms with Crippen LogP contribution in [-0.4, -0.2) is 5.11 Å². The third-order valence-corrected chi connectivity index (χ3v) is 3.90. The molecule has 1 aromatic heterocycles. The van der Waals surface area contributed by atoms with E-state index in [1.54, 1.807) is 19.1 Å². The van der Waals surface area contributed by atoms with Crippen LogP contribution in [0, 0.1) is 13.8 Å². The molecule has 0 atom stereocenters. The number of hydrogen-bond donors (Lipinski definition) is 1. The highest BCUT2D eigenvalue weighted by atomic mass is 16.4. The lowest BCUT2D eigenvalue weighted by Crippen LogP contribution is -2.11. The van der Waals surface area contributed by atoms with Crippen LogP contribution in [0.3, 0.4) is 0 Å². The normalized spacial score (nSPS) is 11.0. The van der Waals surface area contributed by atoms with Gasteiger partial charge in [-0.2, -0.15) is 0 Å². The van der Waals surface area contributed by atoms with Crippen LogP contribution in [0.2, 0.25) is 0 Å². The maximum atomic E-state index is 12.3. The fraction of sp³-hybridized carbons (Fsp3) is 0.167. The summed E-state index contributed by atoms with van der Waals surface area (Å²) in [6.45, 7) is 3.67. The molecule has 0 spiro atoms. The Morgan fingerprint density at radius 2 is 1.71 bits per heavy atom. The van der Waals surface area contributed by atoms with Crippen molar-refractivity contribution in [2.75, 3.05) is 0 Å². The standard InChI is InChI=1S/C18H16O3/c1-11-14-8-9-16(19)12(2)17(14)21-18(20)15(11)10-13-6-4-3-5-7-13/h3-9,19H,10H2,1-2H3. The number of phenols is 1. The predicted molar refractivity (Wildman–Crippen MR) is 82.9 cm³/mol. The number of aryl methyl sites for hydroxylation is 2. The second-order valence-corrected chi connectivity index (χ2v) is 5.24. The highest BCUT2D eigenvalue weighted by Crippen LogP contribution is 2.28. The molecular formula is C18H16O3. The second-order valence-electron chi connectivity index (χ2n) is 5.24. The van der Waals surface area contributed by atoms with Crippen molar-refractivity contribution in [1.82, 2.24) is 0 Å². The monoisotopic (exact) mass is 280 g/mol. The Kier molecular flexibility index (Phi) is 3.26. The van der Waals surface area contributed by atoms with E-state index < -0.39 is 0 Å². The Balaban J connectivity index is 2.21. The molecule has 1 N–H and O–H groups in total. The minimum Gasteiger partial charge on any atom is -0.508 e. The van der Waals surface area contributed by atoms with Gasteiger partial charge in [0, 0.05) is 22.9 Å². The molecule has 0 amide bonds. The predicted octanol–water partition coefficient (Wildman–Crippen LogP) is 3.71. The molecule has 0 aliphatic carbocycles. The van der Waals surface area contributed by atoms with E-state index in [2.05, 4.69) is 0 Å². The summed E-state index contributed by atoms with van der Waals surface area (Å²) in [6.07, 6.45) is 0.546. The molecule has 3 nitrogen and oxygen atoms in total. The molecule has 0 saturated heterocycles. The van der Waals surface area contributed by atoms with Crippen molar-refractivity contribution in [3.8, 4) is 5.75 Å². The van der Waals surface area contributed by atoms with Crippen LogP contribution in [0.4, 0.5) is 0 Å². The van der Waals surface area contributed by atoms with Gasteiger partial charge in [0.2, 0.25) is 0 Å². The molecule has 0 aliphatic rings. The van der Waals surface area contributed by atoms with Gasteiger partial charge in [0.05, 0.1) is 0 Å². The average molecular weight is 280 g/mol. The number of hydrogen-bond acceptors (Lipinski definition) is 3. The first kappa shape index (κ1) is 13.4. The lowest BCUT2D eigenvalue weighted by atomic mass is 9.98. The molecule has 0 bridgehead atoms. The third-order valence-electron chi connectivity index (χ3n) is 3.90. The minimum atomic E-state index is -0.336. The fourth-order valence-electron chi connectivity index (χ4n) is 2.58. The molecule has 106 valence electrons. The van der Waals surface area contributed by atoms with Gasteiger partial charge >= 0.3 is 5.63 Å². The molecule has 2 aromatic carbocycles. The first-order chi connectivity index (χ1) is 10.1. The Labute approximate surface area is 122 Å². The van der Waals surface area contributed by atoms with Crippen LogP contribution in [0.15, 0.2) is 51.7 Å². The van der Waals surface area contributed by atoms with E-state index in [1.165, 1.54) is 0 Å². The number of benzene rings is 2. The molecule has 0 saturated carbocycles. The lowest BCUT2D eigenvalue weighted by molar-refractivity contribution is 0.468. The summed E-state index contributed by atoms with van der Waals surface area (Å²) >= 11 is 0. The fourth-order valence-corrected chi connectivity index (χ4v) is 2.58. The van der Waals surface area contributed by atoms with Crippen molar-refractivity contribution in [1.29, 1.82) is 0 Å². The van der Waals surface area contributed by atoms with Crippen LogP contribution in [-0.2, 0) is 6.42 Å². The molecular weight excluding hydrogens is 264 g/mol. The molecule has 0 aliphatic heterocycles. The summed E-state index contributed by atoms with van der Waals surface area (Å²) in [4.78, 5) is 12.3. The van der Waals surface area contributed by atoms with Crippen LogP contribution in [0.5, 0.6) is 5.75 Å². The molecule has 1 heterocycles. The largest absolute Gasteiger partial charge is 0.508 e. The summed E-state index contributed by atoms with van der Waals surface area (Å²) < 4.78 is 5.44. The first-order valence-corrected chi connectivity index (χ1v) is 6.86. The van der Waals surface area contributed by atoms with E-state index in [9.17, 15) is 9.90 Å². The molecule has 0 radical (unpaired) electrons. The van der Waals surface area contributed by atoms with Gasteiger partial charge in [-0.25, -0.2) is 4.79 Å². The maximum Gasteiger partial charge on any atom is 0.340 e. The van der Waals surface area contributed by atoms with Crippen molar-refractivity contribution < 1.29 is 9.52 Å². The van der Waals surface area contributed by atoms with E-state index in [-0.39, 0.29) is 11.4 Å². The van der Waals surface area contributed by atoms with Gasteiger partial charge in [-0.1, -0.05) is 30.3 Å². The summed E-state index contributed by atoms with van der Waals surface area (Å²) in [5.41, 5.74) is 3.38. The number of rotatable bonds is 2. The average Bonchev–Trinajstić information content (AvgIpc) is 2.49. The Morgan fingerprint density at radius 3 is 2.43 bits per heavy atom. The summed E-state index contributed by atoms with van der Waals surface area (Å²) in [7, 11) is 0. The highest BCUT2D eigenvalue weighted by Gasteiger charge is 2.14. The third kappa shape index (κ3) is 2.31. The molecule has 3 rings (SSSR count). The zero-order valence-corrected chi connectivity index (χ0v) is 12.0. The van der Waals surface area contributed by atoms with Crippen molar-refractivity contribution >= 4 is 11.0 Å². The zero-order chi connectivity index (χ0) is 15.0. The van der Waals surface area contributed by atoms with Crippen LogP contribution in [0.25, 0.3) is 11.0 Å². The molecule has 21 heavy (non-hydrogen) atoms. The Morgan fingerprint density at radius 1 is 1.00 bits per heavy atom. The molecule has 3 aromatic rings. The van der Waals surface area contributed by atoms with Crippen molar-refractivity contribution in [3.05, 3.63) is 75.1 Å². The van der Waals surface area contributed by atoms with Gasteiger partial charge in [-0.15, -0.1) is 0 Å². The van der Waals surface area contributed by atoms with Crippen molar-refractivity contribution in [2.24, 2.45) is 0 Å². The minimum absolute atomic E-state index is 0.140. The van der Waals surface area contributed by atoms with Crippen molar-refractivity contribution in [3.63, 3.8) is 0 Å². The summed E-state index contributed by atoms with van der Waals surface area (Å²) in [6, 6.07) is 13.3. The summed E-state index contributed by atoms with van der Waals surface area (Å²) in [5.74, 6) is 0.140. The smallest absolute Gasteiger partial charge is 0.340 e. The van der Waals surface area contributed by atoms with E-state index in [0.717, 1.165) is 16.5 Å². The molecule has 0 fully saturated rings. The Hall–Kier alpha value is -2.55. The quantitative estimate of drug-likeness (QED) is 0.728. The lowest BCUT2D eigenvalue weighted by Gasteiger charge is -2.10. The second kappa shape index (κ2) is 5.09. The number of aromatic hydroxyl groups is 1. The van der Waals surface area contributed by atoms with Gasteiger partial charge in [0.15, 0.2) is 0 Å². The van der Waals surface area contributed by atoms with Gasteiger partial charge in [-0.05, 0) is 37.1 Å². The van der Waals surface area contributed by atoms with Crippen molar-refractivity contribution in [2.45, 2.75) is 20.3 Å². The first-order valence-electron chi connectivity index (χ1n) is 6.86. The topological polar surface area (TPSA) is 50.4 Å². The number of fused-ring (bicyclic) bond motifs is 1. The number of phenolic OH excluding ortho intramolecular Hbond substituents is 1. The maximum absolute atomic E-state index is 12.3.